The number of nitrogens with one attached hydrogen (secondary N) is 1. The third-order valence-electron chi connectivity index (χ3n) is 2.79. The van der Waals surface area contributed by atoms with E-state index in [1.165, 1.54) is 0 Å². The van der Waals surface area contributed by atoms with Crippen LogP contribution in [0.3, 0.4) is 0 Å². The van der Waals surface area contributed by atoms with E-state index in [9.17, 15) is 4.79 Å². The van der Waals surface area contributed by atoms with Gasteiger partial charge in [0.15, 0.2) is 0 Å². The summed E-state index contributed by atoms with van der Waals surface area (Å²) in [7, 11) is 0. The van der Waals surface area contributed by atoms with Crippen LogP contribution in [-0.2, 0) is 4.79 Å². The summed E-state index contributed by atoms with van der Waals surface area (Å²) in [6.07, 6.45) is 1.60. The zero-order valence-corrected chi connectivity index (χ0v) is 9.40. The van der Waals surface area contributed by atoms with E-state index in [4.69, 9.17) is 5.73 Å². The third-order valence-corrected chi connectivity index (χ3v) is 2.79. The molecule has 1 amide bonds. The van der Waals surface area contributed by atoms with E-state index in [-0.39, 0.29) is 11.9 Å². The average molecular weight is 221 g/mol. The smallest absolute Gasteiger partial charge is 0.245 e. The van der Waals surface area contributed by atoms with Gasteiger partial charge in [-0.05, 0) is 19.9 Å². The molecule has 1 aromatic rings. The number of piperazine rings is 1. The van der Waals surface area contributed by atoms with Crippen molar-refractivity contribution >= 4 is 17.7 Å². The van der Waals surface area contributed by atoms with Crippen LogP contribution >= 0.6 is 0 Å². The quantitative estimate of drug-likeness (QED) is 0.684. The fraction of sp³-hybridized carbons (Fsp3) is 0.500. The van der Waals surface area contributed by atoms with E-state index in [1.54, 1.807) is 12.3 Å². The van der Waals surface area contributed by atoms with Gasteiger partial charge in [0.25, 0.3) is 0 Å². The number of amides is 1. The zero-order valence-electron chi connectivity index (χ0n) is 9.40. The largest absolute Gasteiger partial charge is 0.368 e. The van der Waals surface area contributed by atoms with Gasteiger partial charge in [-0.15, -0.1) is 0 Å². The predicted octanol–water partition coefficient (Wildman–Crippen LogP) is -0.226. The number of anilines is 2. The van der Waals surface area contributed by atoms with Crippen LogP contribution in [0.2, 0.25) is 0 Å². The first-order chi connectivity index (χ1) is 7.51. The summed E-state index contributed by atoms with van der Waals surface area (Å²) in [6, 6.07) is 1.76. The van der Waals surface area contributed by atoms with Crippen molar-refractivity contribution in [3.63, 3.8) is 0 Å². The fourth-order valence-electron chi connectivity index (χ4n) is 1.81. The van der Waals surface area contributed by atoms with Crippen LogP contribution in [0, 0.1) is 0 Å². The van der Waals surface area contributed by atoms with Crippen molar-refractivity contribution in [1.29, 1.82) is 0 Å². The number of hydrogen-bond donors (Lipinski definition) is 2. The van der Waals surface area contributed by atoms with Gasteiger partial charge >= 0.3 is 0 Å². The highest BCUT2D eigenvalue weighted by atomic mass is 16.2. The molecule has 2 heterocycles. The number of nitrogens with zero attached hydrogens (tertiary/aromatic N) is 3. The van der Waals surface area contributed by atoms with Crippen LogP contribution in [-0.4, -0.2) is 34.5 Å². The Labute approximate surface area is 93.9 Å². The van der Waals surface area contributed by atoms with E-state index in [1.807, 2.05) is 18.7 Å². The molecule has 1 saturated heterocycles. The van der Waals surface area contributed by atoms with Crippen LogP contribution in [0.5, 0.6) is 0 Å². The van der Waals surface area contributed by atoms with Crippen LogP contribution in [0.25, 0.3) is 0 Å². The lowest BCUT2D eigenvalue weighted by molar-refractivity contribution is -0.126. The Bertz CT molecular complexity index is 417. The molecule has 2 rings (SSSR count). The number of hydrogen-bond acceptors (Lipinski definition) is 5. The molecule has 0 aromatic carbocycles. The van der Waals surface area contributed by atoms with Gasteiger partial charge in [-0.2, -0.15) is 4.98 Å². The predicted molar refractivity (Wildman–Crippen MR) is 60.9 cm³/mol. The molecule has 3 N–H and O–H groups in total. The van der Waals surface area contributed by atoms with Crippen molar-refractivity contribution in [1.82, 2.24) is 15.3 Å². The first-order valence-electron chi connectivity index (χ1n) is 5.16. The molecular formula is C10H15N5O. The maximum absolute atomic E-state index is 11.8. The molecule has 1 aliphatic heterocycles. The molecule has 0 saturated carbocycles. The van der Waals surface area contributed by atoms with E-state index >= 15 is 0 Å². The van der Waals surface area contributed by atoms with Gasteiger partial charge in [-0.25, -0.2) is 4.98 Å². The van der Waals surface area contributed by atoms with Crippen molar-refractivity contribution in [3.8, 4) is 0 Å². The highest BCUT2D eigenvalue weighted by Crippen LogP contribution is 2.24. The Kier molecular flexibility index (Phi) is 2.41. The second kappa shape index (κ2) is 3.62. The molecule has 0 atom stereocenters. The van der Waals surface area contributed by atoms with E-state index in [0.717, 1.165) is 6.54 Å². The van der Waals surface area contributed by atoms with Crippen molar-refractivity contribution in [2.75, 3.05) is 23.7 Å². The standard InChI is InChI=1S/C10H15N5O/c1-10(2)8(16)12-5-6-15(10)7-3-4-13-9(11)14-7/h3-4H,5-6H2,1-2H3,(H,12,16)(H2,11,13,14). The molecule has 0 bridgehead atoms. The van der Waals surface area contributed by atoms with E-state index in [0.29, 0.717) is 12.4 Å². The molecule has 1 aliphatic rings. The molecule has 6 nitrogen and oxygen atoms in total. The molecule has 1 aromatic heterocycles. The number of rotatable bonds is 1. The summed E-state index contributed by atoms with van der Waals surface area (Å²) in [5.74, 6) is 0.905. The van der Waals surface area contributed by atoms with Crippen LogP contribution in [0.15, 0.2) is 12.3 Å². The van der Waals surface area contributed by atoms with Crippen molar-refractivity contribution in [2.24, 2.45) is 0 Å². The lowest BCUT2D eigenvalue weighted by Crippen LogP contribution is -2.62. The van der Waals surface area contributed by atoms with Crippen LogP contribution in [0.4, 0.5) is 11.8 Å². The van der Waals surface area contributed by atoms with Gasteiger partial charge in [0.2, 0.25) is 11.9 Å². The van der Waals surface area contributed by atoms with Crippen molar-refractivity contribution < 1.29 is 4.79 Å². The SMILES string of the molecule is CC1(C)C(=O)NCCN1c1ccnc(N)n1. The Morgan fingerprint density at radius 1 is 1.56 bits per heavy atom. The van der Waals surface area contributed by atoms with Crippen LogP contribution < -0.4 is 16.0 Å². The molecule has 16 heavy (non-hydrogen) atoms. The normalized spacial score (nSPS) is 19.4. The summed E-state index contributed by atoms with van der Waals surface area (Å²) in [4.78, 5) is 21.7. The number of carbonyl (C=O) groups is 1. The summed E-state index contributed by atoms with van der Waals surface area (Å²) in [6.45, 7) is 5.06. The molecule has 0 unspecified atom stereocenters. The van der Waals surface area contributed by atoms with Crippen molar-refractivity contribution in [3.05, 3.63) is 12.3 Å². The molecule has 0 spiro atoms. The minimum absolute atomic E-state index is 0.00377. The van der Waals surface area contributed by atoms with Crippen LogP contribution in [0.1, 0.15) is 13.8 Å². The number of nitrogen functional groups attached to an aromatic ring is 1. The Morgan fingerprint density at radius 3 is 3.00 bits per heavy atom. The third kappa shape index (κ3) is 1.66. The average Bonchev–Trinajstić information content (AvgIpc) is 2.22. The molecule has 6 heteroatoms. The molecular weight excluding hydrogens is 206 g/mol. The van der Waals surface area contributed by atoms with Gasteiger partial charge in [-0.1, -0.05) is 0 Å². The number of aromatic nitrogens is 2. The first kappa shape index (κ1) is 10.7. The summed E-state index contributed by atoms with van der Waals surface area (Å²) in [5, 5.41) is 2.83. The number of carbonyl (C=O) groups excluding carboxylic acids is 1. The second-order valence-electron chi connectivity index (χ2n) is 4.24. The Hall–Kier alpha value is -1.85. The van der Waals surface area contributed by atoms with Gasteiger partial charge in [0.05, 0.1) is 0 Å². The van der Waals surface area contributed by atoms with Crippen molar-refractivity contribution in [2.45, 2.75) is 19.4 Å². The minimum Gasteiger partial charge on any atom is -0.368 e. The van der Waals surface area contributed by atoms with Gasteiger partial charge in [0.1, 0.15) is 11.4 Å². The van der Waals surface area contributed by atoms with Gasteiger partial charge < -0.3 is 16.0 Å². The highest BCUT2D eigenvalue weighted by molar-refractivity contribution is 5.90. The van der Waals surface area contributed by atoms with E-state index < -0.39 is 5.54 Å². The Balaban J connectivity index is 2.36. The zero-order chi connectivity index (χ0) is 11.8. The minimum atomic E-state index is -0.612. The topological polar surface area (TPSA) is 84.1 Å². The summed E-state index contributed by atoms with van der Waals surface area (Å²) >= 11 is 0. The second-order valence-corrected chi connectivity index (χ2v) is 4.24. The molecule has 0 aliphatic carbocycles. The summed E-state index contributed by atoms with van der Waals surface area (Å²) < 4.78 is 0. The molecule has 86 valence electrons. The van der Waals surface area contributed by atoms with Gasteiger partial charge in [-0.3, -0.25) is 4.79 Å². The summed E-state index contributed by atoms with van der Waals surface area (Å²) in [5.41, 5.74) is 4.93. The fourth-order valence-corrected chi connectivity index (χ4v) is 1.81. The lowest BCUT2D eigenvalue weighted by Gasteiger charge is -2.41. The Morgan fingerprint density at radius 2 is 2.31 bits per heavy atom. The number of nitrogens with two attached hydrogens (primary N) is 1. The van der Waals surface area contributed by atoms with E-state index in [2.05, 4.69) is 15.3 Å². The van der Waals surface area contributed by atoms with Gasteiger partial charge in [0, 0.05) is 19.3 Å². The maximum atomic E-state index is 11.8. The lowest BCUT2D eigenvalue weighted by atomic mass is 9.99. The maximum Gasteiger partial charge on any atom is 0.245 e. The first-order valence-corrected chi connectivity index (χ1v) is 5.16. The molecule has 1 fully saturated rings. The molecule has 0 radical (unpaired) electrons. The monoisotopic (exact) mass is 221 g/mol. The highest BCUT2D eigenvalue weighted by Gasteiger charge is 2.38.